The third kappa shape index (κ3) is 2.67. The topological polar surface area (TPSA) is 74.2 Å². The molecular formula is C14H23N3O2. The number of hydrogen-bond donors (Lipinski definition) is 1. The van der Waals surface area contributed by atoms with Crippen molar-refractivity contribution >= 4 is 0 Å². The van der Waals surface area contributed by atoms with E-state index in [4.69, 9.17) is 15.0 Å². The first-order valence-corrected chi connectivity index (χ1v) is 7.36. The van der Waals surface area contributed by atoms with Gasteiger partial charge in [0.1, 0.15) is 5.60 Å². The lowest BCUT2D eigenvalue weighted by Gasteiger charge is -2.31. The highest BCUT2D eigenvalue weighted by Gasteiger charge is 2.37. The zero-order valence-electron chi connectivity index (χ0n) is 11.7. The zero-order valence-corrected chi connectivity index (χ0v) is 11.7. The Bertz CT molecular complexity index is 432. The summed E-state index contributed by atoms with van der Waals surface area (Å²) < 4.78 is 11.1. The van der Waals surface area contributed by atoms with E-state index in [0.29, 0.717) is 18.1 Å². The van der Waals surface area contributed by atoms with Crippen LogP contribution in [0.4, 0.5) is 0 Å². The fourth-order valence-electron chi connectivity index (χ4n) is 3.23. The smallest absolute Gasteiger partial charge is 0.228 e. The first kappa shape index (κ1) is 13.1. The molecule has 2 aliphatic rings. The molecule has 0 amide bonds. The van der Waals surface area contributed by atoms with Crippen molar-refractivity contribution in [3.8, 4) is 0 Å². The van der Waals surface area contributed by atoms with E-state index in [2.05, 4.69) is 10.1 Å². The van der Waals surface area contributed by atoms with Crippen LogP contribution in [0, 0.1) is 0 Å². The Labute approximate surface area is 113 Å². The summed E-state index contributed by atoms with van der Waals surface area (Å²) >= 11 is 0. The number of ether oxygens (including phenoxy) is 1. The van der Waals surface area contributed by atoms with Gasteiger partial charge >= 0.3 is 0 Å². The second-order valence-corrected chi connectivity index (χ2v) is 6.29. The predicted molar refractivity (Wildman–Crippen MR) is 70.5 cm³/mol. The Balaban J connectivity index is 1.71. The highest BCUT2D eigenvalue weighted by molar-refractivity contribution is 5.04. The summed E-state index contributed by atoms with van der Waals surface area (Å²) in [6, 6.07) is 0. The molecule has 3 rings (SSSR count). The quantitative estimate of drug-likeness (QED) is 0.907. The molecule has 0 aromatic carbocycles. The lowest BCUT2D eigenvalue weighted by molar-refractivity contribution is 0.00768. The monoisotopic (exact) mass is 265 g/mol. The Kier molecular flexibility index (Phi) is 3.35. The van der Waals surface area contributed by atoms with Crippen molar-refractivity contribution in [3.63, 3.8) is 0 Å². The molecule has 1 atom stereocenters. The van der Waals surface area contributed by atoms with Gasteiger partial charge in [-0.05, 0) is 32.6 Å². The highest BCUT2D eigenvalue weighted by atomic mass is 16.5. The summed E-state index contributed by atoms with van der Waals surface area (Å²) in [5.74, 6) is 1.34. The van der Waals surface area contributed by atoms with Crippen LogP contribution in [0.25, 0.3) is 0 Å². The van der Waals surface area contributed by atoms with Crippen LogP contribution < -0.4 is 5.73 Å². The average molecular weight is 265 g/mol. The molecule has 5 nitrogen and oxygen atoms in total. The van der Waals surface area contributed by atoms with Gasteiger partial charge in [0.15, 0.2) is 0 Å². The van der Waals surface area contributed by atoms with Gasteiger partial charge in [-0.2, -0.15) is 4.98 Å². The van der Waals surface area contributed by atoms with Gasteiger partial charge in [-0.25, -0.2) is 0 Å². The number of nitrogens with two attached hydrogens (primary N) is 1. The van der Waals surface area contributed by atoms with Gasteiger partial charge in [-0.15, -0.1) is 0 Å². The summed E-state index contributed by atoms with van der Waals surface area (Å²) in [4.78, 5) is 4.52. The highest BCUT2D eigenvalue weighted by Crippen LogP contribution is 2.34. The van der Waals surface area contributed by atoms with Crippen LogP contribution in [0.1, 0.15) is 63.6 Å². The molecule has 0 spiro atoms. The predicted octanol–water partition coefficient (Wildman–Crippen LogP) is 2.30. The zero-order chi connectivity index (χ0) is 13.3. The molecular weight excluding hydrogens is 242 g/mol. The van der Waals surface area contributed by atoms with Crippen LogP contribution in [-0.4, -0.2) is 22.3 Å². The van der Waals surface area contributed by atoms with Gasteiger partial charge < -0.3 is 15.0 Å². The van der Waals surface area contributed by atoms with Gasteiger partial charge in [0.2, 0.25) is 11.7 Å². The fourth-order valence-corrected chi connectivity index (χ4v) is 3.23. The van der Waals surface area contributed by atoms with Crippen molar-refractivity contribution in [3.05, 3.63) is 11.7 Å². The third-order valence-electron chi connectivity index (χ3n) is 4.51. The van der Waals surface area contributed by atoms with E-state index in [0.717, 1.165) is 32.3 Å². The molecule has 1 aliphatic heterocycles. The van der Waals surface area contributed by atoms with Crippen molar-refractivity contribution < 1.29 is 9.26 Å². The molecule has 2 heterocycles. The summed E-state index contributed by atoms with van der Waals surface area (Å²) in [5, 5.41) is 4.10. The lowest BCUT2D eigenvalue weighted by atomic mass is 9.80. The van der Waals surface area contributed by atoms with Crippen molar-refractivity contribution in [1.29, 1.82) is 0 Å². The molecule has 5 heteroatoms. The van der Waals surface area contributed by atoms with Gasteiger partial charge in [-0.1, -0.05) is 24.4 Å². The van der Waals surface area contributed by atoms with Crippen molar-refractivity contribution in [2.75, 3.05) is 6.61 Å². The van der Waals surface area contributed by atoms with Crippen LogP contribution in [-0.2, 0) is 16.8 Å². The molecule has 1 saturated heterocycles. The van der Waals surface area contributed by atoms with Crippen molar-refractivity contribution in [2.45, 2.75) is 69.4 Å². The van der Waals surface area contributed by atoms with E-state index in [9.17, 15) is 0 Å². The van der Waals surface area contributed by atoms with E-state index in [1.165, 1.54) is 19.3 Å². The maximum absolute atomic E-state index is 6.43. The van der Waals surface area contributed by atoms with Crippen LogP contribution in [0.2, 0.25) is 0 Å². The molecule has 1 aromatic rings. The number of hydrogen-bond acceptors (Lipinski definition) is 5. The summed E-state index contributed by atoms with van der Waals surface area (Å²) in [6.07, 6.45) is 8.52. The number of rotatable bonds is 3. The molecule has 0 radical (unpaired) electrons. The average Bonchev–Trinajstić information content (AvgIpc) is 3.00. The fraction of sp³-hybridized carbons (Fsp3) is 0.857. The molecule has 1 saturated carbocycles. The van der Waals surface area contributed by atoms with Crippen molar-refractivity contribution in [2.24, 2.45) is 5.73 Å². The van der Waals surface area contributed by atoms with Crippen LogP contribution in [0.5, 0.6) is 0 Å². The minimum atomic E-state index is -0.365. The molecule has 106 valence electrons. The molecule has 1 aromatic heterocycles. The number of nitrogens with zero attached hydrogens (tertiary/aromatic N) is 2. The second-order valence-electron chi connectivity index (χ2n) is 6.29. The summed E-state index contributed by atoms with van der Waals surface area (Å²) in [7, 11) is 0. The van der Waals surface area contributed by atoms with E-state index < -0.39 is 0 Å². The number of aromatic nitrogens is 2. The summed E-state index contributed by atoms with van der Waals surface area (Å²) in [6.45, 7) is 2.81. The van der Waals surface area contributed by atoms with Gasteiger partial charge in [-0.3, -0.25) is 0 Å². The molecule has 19 heavy (non-hydrogen) atoms. The van der Waals surface area contributed by atoms with Crippen molar-refractivity contribution in [1.82, 2.24) is 10.1 Å². The Morgan fingerprint density at radius 1 is 1.16 bits per heavy atom. The first-order valence-electron chi connectivity index (χ1n) is 7.36. The Morgan fingerprint density at radius 3 is 2.63 bits per heavy atom. The van der Waals surface area contributed by atoms with Gasteiger partial charge in [0.25, 0.3) is 0 Å². The lowest BCUT2D eigenvalue weighted by Crippen LogP contribution is -2.43. The SMILES string of the molecule is CC1(c2noc(CC3(N)CCCCC3)n2)CCCO1. The Morgan fingerprint density at radius 2 is 1.95 bits per heavy atom. The Hall–Kier alpha value is -0.940. The maximum Gasteiger partial charge on any atom is 0.228 e. The van der Waals surface area contributed by atoms with Gasteiger partial charge in [0, 0.05) is 18.6 Å². The minimum Gasteiger partial charge on any atom is -0.367 e. The van der Waals surface area contributed by atoms with Crippen LogP contribution in [0.3, 0.4) is 0 Å². The van der Waals surface area contributed by atoms with Crippen LogP contribution in [0.15, 0.2) is 4.52 Å². The van der Waals surface area contributed by atoms with E-state index >= 15 is 0 Å². The molecule has 0 bridgehead atoms. The minimum absolute atomic E-state index is 0.153. The van der Waals surface area contributed by atoms with Crippen LogP contribution >= 0.6 is 0 Å². The van der Waals surface area contributed by atoms with E-state index in [1.54, 1.807) is 0 Å². The van der Waals surface area contributed by atoms with Gasteiger partial charge in [0.05, 0.1) is 0 Å². The standard InChI is InChI=1S/C14H23N3O2/c1-13(6-5-9-18-13)12-16-11(19-17-12)10-14(15)7-3-2-4-8-14/h2-10,15H2,1H3. The molecule has 1 aliphatic carbocycles. The largest absolute Gasteiger partial charge is 0.367 e. The first-order chi connectivity index (χ1) is 9.10. The normalized spacial score (nSPS) is 30.6. The summed E-state index contributed by atoms with van der Waals surface area (Å²) in [5.41, 5.74) is 5.91. The molecule has 1 unspecified atom stereocenters. The maximum atomic E-state index is 6.43. The second kappa shape index (κ2) is 4.87. The van der Waals surface area contributed by atoms with E-state index in [1.807, 2.05) is 6.92 Å². The van der Waals surface area contributed by atoms with E-state index in [-0.39, 0.29) is 11.1 Å². The third-order valence-corrected chi connectivity index (χ3v) is 4.51. The molecule has 2 fully saturated rings. The molecule has 2 N–H and O–H groups in total.